The topological polar surface area (TPSA) is 32.3 Å². The molecule has 0 aromatic carbocycles. The first-order valence-corrected chi connectivity index (χ1v) is 4.60. The maximum atomic E-state index is 11.5. The Morgan fingerprint density at radius 1 is 1.46 bits per heavy atom. The number of allylic oxidation sites excluding steroid dienone is 1. The Hall–Kier alpha value is -0.990. The average Bonchev–Trinajstić information content (AvgIpc) is 2.04. The number of nitrogens with zero attached hydrogens (tertiary/aromatic N) is 1. The summed E-state index contributed by atoms with van der Waals surface area (Å²) in [7, 11) is 3.51. The van der Waals surface area contributed by atoms with Gasteiger partial charge in [0.05, 0.1) is 5.70 Å². The van der Waals surface area contributed by atoms with E-state index in [-0.39, 0.29) is 5.91 Å². The summed E-state index contributed by atoms with van der Waals surface area (Å²) in [6, 6.07) is 0. The zero-order valence-corrected chi connectivity index (χ0v) is 9.22. The normalized spacial score (nSPS) is 11.7. The summed E-state index contributed by atoms with van der Waals surface area (Å²) in [6.45, 7) is 6.92. The molecule has 0 aliphatic rings. The number of hydrogen-bond donors (Lipinski definition) is 1. The molecule has 0 aromatic rings. The van der Waals surface area contributed by atoms with Crippen molar-refractivity contribution >= 4 is 5.91 Å². The standard InChI is InChI=1S/C10H20N2O/c1-6-9(10(13)12(4)5)11-7-8(2)3/h6,8,11H,7H2,1-5H3. The van der Waals surface area contributed by atoms with Crippen LogP contribution in [0.2, 0.25) is 0 Å². The highest BCUT2D eigenvalue weighted by Crippen LogP contribution is 1.96. The third-order valence-electron chi connectivity index (χ3n) is 1.63. The summed E-state index contributed by atoms with van der Waals surface area (Å²) >= 11 is 0. The van der Waals surface area contributed by atoms with E-state index in [1.807, 2.05) is 13.0 Å². The van der Waals surface area contributed by atoms with Crippen molar-refractivity contribution in [2.75, 3.05) is 20.6 Å². The van der Waals surface area contributed by atoms with Crippen molar-refractivity contribution in [3.05, 3.63) is 11.8 Å². The molecule has 0 bridgehead atoms. The van der Waals surface area contributed by atoms with Gasteiger partial charge in [-0.2, -0.15) is 0 Å². The van der Waals surface area contributed by atoms with Crippen LogP contribution in [0.3, 0.4) is 0 Å². The van der Waals surface area contributed by atoms with Crippen molar-refractivity contribution in [1.82, 2.24) is 10.2 Å². The smallest absolute Gasteiger partial charge is 0.269 e. The number of carbonyl (C=O) groups is 1. The minimum absolute atomic E-state index is 0.0307. The van der Waals surface area contributed by atoms with E-state index in [4.69, 9.17) is 0 Å². The van der Waals surface area contributed by atoms with E-state index in [1.165, 1.54) is 0 Å². The Bertz CT molecular complexity index is 195. The van der Waals surface area contributed by atoms with Crippen LogP contribution in [0.25, 0.3) is 0 Å². The molecule has 0 atom stereocenters. The van der Waals surface area contributed by atoms with E-state index < -0.39 is 0 Å². The van der Waals surface area contributed by atoms with E-state index in [0.29, 0.717) is 11.6 Å². The fourth-order valence-corrected chi connectivity index (χ4v) is 0.856. The lowest BCUT2D eigenvalue weighted by Crippen LogP contribution is -2.32. The van der Waals surface area contributed by atoms with Gasteiger partial charge in [-0.25, -0.2) is 0 Å². The summed E-state index contributed by atoms with van der Waals surface area (Å²) < 4.78 is 0. The maximum Gasteiger partial charge on any atom is 0.269 e. The first kappa shape index (κ1) is 12.0. The Balaban J connectivity index is 4.13. The lowest BCUT2D eigenvalue weighted by atomic mass is 10.2. The highest BCUT2D eigenvalue weighted by atomic mass is 16.2. The predicted octanol–water partition coefficient (Wildman–Crippen LogP) is 1.22. The van der Waals surface area contributed by atoms with E-state index in [9.17, 15) is 4.79 Å². The highest BCUT2D eigenvalue weighted by Gasteiger charge is 2.09. The van der Waals surface area contributed by atoms with E-state index >= 15 is 0 Å². The van der Waals surface area contributed by atoms with Crippen LogP contribution in [0.1, 0.15) is 20.8 Å². The zero-order chi connectivity index (χ0) is 10.4. The Kier molecular flexibility index (Phi) is 5.19. The molecule has 0 fully saturated rings. The van der Waals surface area contributed by atoms with Crippen LogP contribution in [-0.2, 0) is 4.79 Å². The Morgan fingerprint density at radius 3 is 2.31 bits per heavy atom. The van der Waals surface area contributed by atoms with Gasteiger partial charge in [0.25, 0.3) is 5.91 Å². The lowest BCUT2D eigenvalue weighted by molar-refractivity contribution is -0.125. The van der Waals surface area contributed by atoms with E-state index in [0.717, 1.165) is 6.54 Å². The van der Waals surface area contributed by atoms with E-state index in [2.05, 4.69) is 19.2 Å². The summed E-state index contributed by atoms with van der Waals surface area (Å²) in [5.41, 5.74) is 0.679. The summed E-state index contributed by atoms with van der Waals surface area (Å²) in [5, 5.41) is 3.12. The summed E-state index contributed by atoms with van der Waals surface area (Å²) in [4.78, 5) is 13.1. The molecule has 0 aliphatic heterocycles. The van der Waals surface area contributed by atoms with Crippen molar-refractivity contribution in [2.45, 2.75) is 20.8 Å². The van der Waals surface area contributed by atoms with Gasteiger partial charge in [0, 0.05) is 20.6 Å². The molecule has 0 spiro atoms. The van der Waals surface area contributed by atoms with Gasteiger partial charge in [0.2, 0.25) is 0 Å². The molecule has 0 saturated heterocycles. The summed E-state index contributed by atoms with van der Waals surface area (Å²) in [5.74, 6) is 0.577. The highest BCUT2D eigenvalue weighted by molar-refractivity contribution is 5.92. The van der Waals surface area contributed by atoms with Crippen LogP contribution in [0.5, 0.6) is 0 Å². The SMILES string of the molecule is CC=C(NCC(C)C)C(=O)N(C)C. The van der Waals surface area contributed by atoms with Gasteiger partial charge in [0.15, 0.2) is 0 Å². The van der Waals surface area contributed by atoms with Crippen molar-refractivity contribution in [2.24, 2.45) is 5.92 Å². The number of likely N-dealkylation sites (N-methyl/N-ethyl adjacent to an activating group) is 1. The second-order valence-corrected chi connectivity index (χ2v) is 3.68. The monoisotopic (exact) mass is 184 g/mol. The minimum Gasteiger partial charge on any atom is -0.381 e. The molecular formula is C10H20N2O. The van der Waals surface area contributed by atoms with Crippen LogP contribution >= 0.6 is 0 Å². The van der Waals surface area contributed by atoms with Crippen molar-refractivity contribution in [1.29, 1.82) is 0 Å². The molecule has 1 amide bonds. The number of nitrogens with one attached hydrogen (secondary N) is 1. The quantitative estimate of drug-likeness (QED) is 0.666. The molecule has 0 aromatic heterocycles. The zero-order valence-electron chi connectivity index (χ0n) is 9.22. The maximum absolute atomic E-state index is 11.5. The first-order valence-electron chi connectivity index (χ1n) is 4.60. The second-order valence-electron chi connectivity index (χ2n) is 3.68. The molecule has 0 radical (unpaired) electrons. The van der Waals surface area contributed by atoms with Gasteiger partial charge >= 0.3 is 0 Å². The Morgan fingerprint density at radius 2 is 2.00 bits per heavy atom. The van der Waals surface area contributed by atoms with Crippen molar-refractivity contribution in [3.63, 3.8) is 0 Å². The first-order chi connectivity index (χ1) is 5.99. The van der Waals surface area contributed by atoms with Gasteiger partial charge in [-0.3, -0.25) is 4.79 Å². The molecule has 0 saturated carbocycles. The van der Waals surface area contributed by atoms with Crippen LogP contribution < -0.4 is 5.32 Å². The molecule has 3 heteroatoms. The van der Waals surface area contributed by atoms with E-state index in [1.54, 1.807) is 19.0 Å². The third-order valence-corrected chi connectivity index (χ3v) is 1.63. The average molecular weight is 184 g/mol. The predicted molar refractivity (Wildman–Crippen MR) is 55.3 cm³/mol. The lowest BCUT2D eigenvalue weighted by Gasteiger charge is -2.16. The summed E-state index contributed by atoms with van der Waals surface area (Å²) in [6.07, 6.45) is 1.81. The van der Waals surface area contributed by atoms with Gasteiger partial charge < -0.3 is 10.2 Å². The van der Waals surface area contributed by atoms with Crippen LogP contribution in [-0.4, -0.2) is 31.4 Å². The Labute approximate surface area is 80.8 Å². The number of hydrogen-bond acceptors (Lipinski definition) is 2. The van der Waals surface area contributed by atoms with Crippen LogP contribution in [0, 0.1) is 5.92 Å². The molecule has 1 N–H and O–H groups in total. The minimum atomic E-state index is 0.0307. The van der Waals surface area contributed by atoms with Gasteiger partial charge in [0.1, 0.15) is 0 Å². The molecule has 3 nitrogen and oxygen atoms in total. The fraction of sp³-hybridized carbons (Fsp3) is 0.700. The largest absolute Gasteiger partial charge is 0.381 e. The number of carbonyl (C=O) groups excluding carboxylic acids is 1. The van der Waals surface area contributed by atoms with Gasteiger partial charge in [-0.05, 0) is 12.8 Å². The third kappa shape index (κ3) is 4.55. The van der Waals surface area contributed by atoms with Crippen molar-refractivity contribution < 1.29 is 4.79 Å². The molecule has 13 heavy (non-hydrogen) atoms. The van der Waals surface area contributed by atoms with Gasteiger partial charge in [-0.15, -0.1) is 0 Å². The molecule has 76 valence electrons. The second kappa shape index (κ2) is 5.62. The van der Waals surface area contributed by atoms with Gasteiger partial charge in [-0.1, -0.05) is 19.9 Å². The van der Waals surface area contributed by atoms with Crippen LogP contribution in [0.4, 0.5) is 0 Å². The van der Waals surface area contributed by atoms with Crippen molar-refractivity contribution in [3.8, 4) is 0 Å². The molecule has 0 unspecified atom stereocenters. The molecule has 0 aliphatic carbocycles. The number of rotatable bonds is 4. The number of amides is 1. The molecular weight excluding hydrogens is 164 g/mol. The molecule has 0 rings (SSSR count). The molecule has 0 heterocycles. The fourth-order valence-electron chi connectivity index (χ4n) is 0.856. The van der Waals surface area contributed by atoms with Crippen LogP contribution in [0.15, 0.2) is 11.8 Å².